The minimum absolute atomic E-state index is 0.0574. The van der Waals surface area contributed by atoms with Crippen molar-refractivity contribution in [2.75, 3.05) is 0 Å². The first kappa shape index (κ1) is 9.10. The Kier molecular flexibility index (Phi) is 1.76. The molecule has 3 heteroatoms. The molecule has 0 aromatic rings. The standard InChI is InChI=1S/C10H14F2O/c1-7(13)8-2-4-9(5-3-8)6-10(9,11)12/h8H,2-6H2,1H3. The number of hydrogen-bond donors (Lipinski definition) is 0. The van der Waals surface area contributed by atoms with Crippen molar-refractivity contribution in [2.45, 2.75) is 45.0 Å². The number of Topliss-reactive ketones (excluding diaryl/α,β-unsaturated/α-hetero) is 1. The SMILES string of the molecule is CC(=O)C1CCC2(CC1)CC2(F)F. The third kappa shape index (κ3) is 1.29. The van der Waals surface area contributed by atoms with E-state index in [1.54, 1.807) is 6.92 Å². The van der Waals surface area contributed by atoms with Crippen LogP contribution in [0.15, 0.2) is 0 Å². The van der Waals surface area contributed by atoms with Crippen molar-refractivity contribution < 1.29 is 13.6 Å². The van der Waals surface area contributed by atoms with Gasteiger partial charge in [-0.2, -0.15) is 0 Å². The Morgan fingerprint density at radius 3 is 2.08 bits per heavy atom. The molecule has 0 N–H and O–H groups in total. The van der Waals surface area contributed by atoms with Gasteiger partial charge in [-0.15, -0.1) is 0 Å². The first-order valence-electron chi connectivity index (χ1n) is 4.85. The van der Waals surface area contributed by atoms with Crippen molar-refractivity contribution >= 4 is 5.78 Å². The van der Waals surface area contributed by atoms with Gasteiger partial charge in [0.15, 0.2) is 0 Å². The summed E-state index contributed by atoms with van der Waals surface area (Å²) in [5.74, 6) is -2.20. The molecule has 0 heterocycles. The van der Waals surface area contributed by atoms with Gasteiger partial charge in [0.05, 0.1) is 0 Å². The molecule has 2 saturated carbocycles. The summed E-state index contributed by atoms with van der Waals surface area (Å²) in [5.41, 5.74) is -0.695. The summed E-state index contributed by atoms with van der Waals surface area (Å²) in [4.78, 5) is 11.0. The molecule has 0 radical (unpaired) electrons. The third-order valence-electron chi connectivity index (χ3n) is 3.73. The Balaban J connectivity index is 1.95. The van der Waals surface area contributed by atoms with Crippen molar-refractivity contribution in [2.24, 2.45) is 11.3 Å². The lowest BCUT2D eigenvalue weighted by Gasteiger charge is -2.26. The van der Waals surface area contributed by atoms with Crippen LogP contribution in [0.5, 0.6) is 0 Å². The summed E-state index contributed by atoms with van der Waals surface area (Å²) in [6, 6.07) is 0. The number of carbonyl (C=O) groups is 1. The average Bonchev–Trinajstić information content (AvgIpc) is 2.53. The molecule has 2 rings (SSSR count). The molecule has 0 atom stereocenters. The van der Waals surface area contributed by atoms with E-state index in [-0.39, 0.29) is 18.1 Å². The molecule has 0 aromatic heterocycles. The van der Waals surface area contributed by atoms with Crippen LogP contribution in [0.25, 0.3) is 0 Å². The van der Waals surface area contributed by atoms with Crippen LogP contribution in [-0.4, -0.2) is 11.7 Å². The molecular weight excluding hydrogens is 174 g/mol. The van der Waals surface area contributed by atoms with Crippen LogP contribution in [0.4, 0.5) is 8.78 Å². The molecule has 2 fully saturated rings. The van der Waals surface area contributed by atoms with Gasteiger partial charge >= 0.3 is 0 Å². The lowest BCUT2D eigenvalue weighted by molar-refractivity contribution is -0.122. The maximum absolute atomic E-state index is 12.9. The Bertz CT molecular complexity index is 239. The van der Waals surface area contributed by atoms with Crippen LogP contribution in [-0.2, 0) is 4.79 Å². The monoisotopic (exact) mass is 188 g/mol. The quantitative estimate of drug-likeness (QED) is 0.618. The van der Waals surface area contributed by atoms with Crippen LogP contribution in [0.1, 0.15) is 39.0 Å². The highest BCUT2D eigenvalue weighted by atomic mass is 19.3. The minimum atomic E-state index is -2.42. The first-order chi connectivity index (χ1) is 5.97. The zero-order valence-electron chi connectivity index (χ0n) is 7.78. The van der Waals surface area contributed by atoms with E-state index in [2.05, 4.69) is 0 Å². The summed E-state index contributed by atoms with van der Waals surface area (Å²) < 4.78 is 25.8. The van der Waals surface area contributed by atoms with E-state index in [4.69, 9.17) is 0 Å². The number of alkyl halides is 2. The summed E-state index contributed by atoms with van der Waals surface area (Å²) in [7, 11) is 0. The fourth-order valence-electron chi connectivity index (χ4n) is 2.50. The largest absolute Gasteiger partial charge is 0.300 e. The number of hydrogen-bond acceptors (Lipinski definition) is 1. The molecule has 2 aliphatic rings. The second-order valence-corrected chi connectivity index (χ2v) is 4.55. The van der Waals surface area contributed by atoms with Crippen LogP contribution < -0.4 is 0 Å². The molecular formula is C10H14F2O. The van der Waals surface area contributed by atoms with Gasteiger partial charge in [-0.25, -0.2) is 8.78 Å². The maximum atomic E-state index is 12.9. The number of rotatable bonds is 1. The molecule has 0 bridgehead atoms. The molecule has 0 aromatic carbocycles. The molecule has 0 aliphatic heterocycles. The third-order valence-corrected chi connectivity index (χ3v) is 3.73. The van der Waals surface area contributed by atoms with Crippen LogP contribution in [0.2, 0.25) is 0 Å². The zero-order chi connectivity index (χ0) is 9.69. The molecule has 0 saturated heterocycles. The van der Waals surface area contributed by atoms with E-state index in [1.807, 2.05) is 0 Å². The topological polar surface area (TPSA) is 17.1 Å². The number of ketones is 1. The fraction of sp³-hybridized carbons (Fsp3) is 0.900. The van der Waals surface area contributed by atoms with Gasteiger partial charge in [0.25, 0.3) is 5.92 Å². The van der Waals surface area contributed by atoms with Crippen LogP contribution >= 0.6 is 0 Å². The van der Waals surface area contributed by atoms with Crippen molar-refractivity contribution in [3.05, 3.63) is 0 Å². The smallest absolute Gasteiger partial charge is 0.254 e. The van der Waals surface area contributed by atoms with Gasteiger partial charge in [-0.1, -0.05) is 0 Å². The van der Waals surface area contributed by atoms with Crippen molar-refractivity contribution in [1.82, 2.24) is 0 Å². The van der Waals surface area contributed by atoms with Crippen molar-refractivity contribution in [3.63, 3.8) is 0 Å². The van der Waals surface area contributed by atoms with Gasteiger partial charge in [-0.3, -0.25) is 4.79 Å². The molecule has 74 valence electrons. The Morgan fingerprint density at radius 2 is 1.77 bits per heavy atom. The predicted molar refractivity (Wildman–Crippen MR) is 44.6 cm³/mol. The second-order valence-electron chi connectivity index (χ2n) is 4.55. The zero-order valence-corrected chi connectivity index (χ0v) is 7.78. The normalized spacial score (nSPS) is 41.9. The van der Waals surface area contributed by atoms with E-state index in [0.717, 1.165) is 0 Å². The van der Waals surface area contributed by atoms with E-state index < -0.39 is 11.3 Å². The van der Waals surface area contributed by atoms with Gasteiger partial charge in [0.2, 0.25) is 0 Å². The second kappa shape index (κ2) is 2.52. The van der Waals surface area contributed by atoms with Gasteiger partial charge in [0.1, 0.15) is 5.78 Å². The first-order valence-corrected chi connectivity index (χ1v) is 4.85. The average molecular weight is 188 g/mol. The highest BCUT2D eigenvalue weighted by Gasteiger charge is 2.70. The maximum Gasteiger partial charge on any atom is 0.254 e. The minimum Gasteiger partial charge on any atom is -0.300 e. The summed E-state index contributed by atoms with van der Waals surface area (Å²) in [5, 5.41) is 0. The van der Waals surface area contributed by atoms with E-state index >= 15 is 0 Å². The highest BCUT2D eigenvalue weighted by molar-refractivity contribution is 5.78. The number of carbonyl (C=O) groups excluding carboxylic acids is 1. The van der Waals surface area contributed by atoms with Crippen LogP contribution in [0.3, 0.4) is 0 Å². The molecule has 0 unspecified atom stereocenters. The molecule has 13 heavy (non-hydrogen) atoms. The Hall–Kier alpha value is -0.470. The van der Waals surface area contributed by atoms with Crippen molar-refractivity contribution in [1.29, 1.82) is 0 Å². The summed E-state index contributed by atoms with van der Waals surface area (Å²) >= 11 is 0. The summed E-state index contributed by atoms with van der Waals surface area (Å²) in [6.45, 7) is 1.56. The van der Waals surface area contributed by atoms with Crippen molar-refractivity contribution in [3.8, 4) is 0 Å². The lowest BCUT2D eigenvalue weighted by atomic mass is 9.78. The predicted octanol–water partition coefficient (Wildman–Crippen LogP) is 2.79. The highest BCUT2D eigenvalue weighted by Crippen LogP contribution is 2.67. The Morgan fingerprint density at radius 1 is 1.31 bits per heavy atom. The van der Waals surface area contributed by atoms with E-state index in [0.29, 0.717) is 25.7 Å². The fourth-order valence-corrected chi connectivity index (χ4v) is 2.50. The molecule has 1 nitrogen and oxygen atoms in total. The number of halogens is 2. The van der Waals surface area contributed by atoms with Crippen LogP contribution in [0, 0.1) is 11.3 Å². The molecule has 2 aliphatic carbocycles. The summed E-state index contributed by atoms with van der Waals surface area (Å²) in [6.07, 6.45) is 2.50. The van der Waals surface area contributed by atoms with Gasteiger partial charge < -0.3 is 0 Å². The molecule has 1 spiro atoms. The van der Waals surface area contributed by atoms with Gasteiger partial charge in [-0.05, 0) is 32.6 Å². The lowest BCUT2D eigenvalue weighted by Crippen LogP contribution is -2.24. The van der Waals surface area contributed by atoms with E-state index in [9.17, 15) is 13.6 Å². The molecule has 0 amide bonds. The van der Waals surface area contributed by atoms with E-state index in [1.165, 1.54) is 0 Å². The van der Waals surface area contributed by atoms with Gasteiger partial charge in [0, 0.05) is 17.8 Å². The Labute approximate surface area is 76.5 Å².